The van der Waals surface area contributed by atoms with Crippen LogP contribution in [0.5, 0.6) is 0 Å². The van der Waals surface area contributed by atoms with Gasteiger partial charge in [0, 0.05) is 36.2 Å². The molecule has 1 aromatic carbocycles. The average Bonchev–Trinajstić information content (AvgIpc) is 3.18. The van der Waals surface area contributed by atoms with Crippen molar-refractivity contribution in [3.8, 4) is 0 Å². The van der Waals surface area contributed by atoms with Crippen LogP contribution in [-0.4, -0.2) is 30.1 Å². The number of para-hydroxylation sites is 1. The van der Waals surface area contributed by atoms with Gasteiger partial charge in [0.05, 0.1) is 0 Å². The van der Waals surface area contributed by atoms with Gasteiger partial charge in [0.1, 0.15) is 0 Å². The largest absolute Gasteiger partial charge is 0.361 e. The van der Waals surface area contributed by atoms with Gasteiger partial charge < -0.3 is 15.6 Å². The Labute approximate surface area is 154 Å². The van der Waals surface area contributed by atoms with Crippen molar-refractivity contribution in [2.45, 2.75) is 32.2 Å². The highest BCUT2D eigenvalue weighted by Crippen LogP contribution is 2.18. The quantitative estimate of drug-likeness (QED) is 0.297. The third kappa shape index (κ3) is 4.73. The molecule has 23 heavy (non-hydrogen) atoms. The number of H-pyrrole nitrogens is 1. The lowest BCUT2D eigenvalue weighted by Gasteiger charge is -2.16. The summed E-state index contributed by atoms with van der Waals surface area (Å²) in [4.78, 5) is 8.03. The first-order valence-electron chi connectivity index (χ1n) is 8.11. The summed E-state index contributed by atoms with van der Waals surface area (Å²) in [5, 5.41) is 8.13. The van der Waals surface area contributed by atoms with Gasteiger partial charge in [-0.15, -0.1) is 24.0 Å². The first-order valence-corrected chi connectivity index (χ1v) is 8.11. The van der Waals surface area contributed by atoms with E-state index in [0.29, 0.717) is 6.04 Å². The van der Waals surface area contributed by atoms with E-state index in [0.717, 1.165) is 38.3 Å². The molecule has 1 aliphatic rings. The lowest BCUT2D eigenvalue weighted by Crippen LogP contribution is -2.42. The van der Waals surface area contributed by atoms with Crippen molar-refractivity contribution >= 4 is 40.8 Å². The number of fused-ring (bicyclic) bond motifs is 1. The van der Waals surface area contributed by atoms with Gasteiger partial charge in [-0.3, -0.25) is 4.99 Å². The van der Waals surface area contributed by atoms with E-state index in [1.165, 1.54) is 16.5 Å². The minimum atomic E-state index is 0. The van der Waals surface area contributed by atoms with Gasteiger partial charge >= 0.3 is 0 Å². The van der Waals surface area contributed by atoms with Crippen LogP contribution in [0.4, 0.5) is 0 Å². The van der Waals surface area contributed by atoms with Gasteiger partial charge in [0.25, 0.3) is 0 Å². The first-order chi connectivity index (χ1) is 10.9. The fraction of sp³-hybridized carbons (Fsp3) is 0.389. The van der Waals surface area contributed by atoms with E-state index in [2.05, 4.69) is 65.2 Å². The van der Waals surface area contributed by atoms with Crippen molar-refractivity contribution in [3.05, 3.63) is 48.2 Å². The van der Waals surface area contributed by atoms with Crippen molar-refractivity contribution < 1.29 is 0 Å². The van der Waals surface area contributed by atoms with Crippen LogP contribution in [-0.2, 0) is 6.42 Å². The summed E-state index contributed by atoms with van der Waals surface area (Å²) in [5.41, 5.74) is 2.53. The molecule has 0 atom stereocenters. The summed E-state index contributed by atoms with van der Waals surface area (Å²) in [7, 11) is 0. The molecule has 3 rings (SSSR count). The van der Waals surface area contributed by atoms with Gasteiger partial charge in [0.2, 0.25) is 0 Å². The molecule has 3 N–H and O–H groups in total. The highest BCUT2D eigenvalue weighted by molar-refractivity contribution is 14.0. The number of nitrogens with zero attached hydrogens (tertiary/aromatic N) is 1. The number of benzene rings is 1. The molecule has 0 aliphatic heterocycles. The van der Waals surface area contributed by atoms with Crippen LogP contribution in [0, 0.1) is 0 Å². The van der Waals surface area contributed by atoms with Gasteiger partial charge in [-0.05, 0) is 37.8 Å². The Kier molecular flexibility index (Phi) is 6.95. The standard InChI is InChI=1S/C18H24N4.HI/c1-2-19-18(22-15-7-3-4-8-15)20-12-11-14-13-21-17-10-6-5-9-16(14)17;/h3-6,9-10,13,15,21H,2,7-8,11-12H2,1H3,(H2,19,20,22);1H. The molecule has 0 amide bonds. The Morgan fingerprint density at radius 3 is 2.83 bits per heavy atom. The maximum absolute atomic E-state index is 4.71. The van der Waals surface area contributed by atoms with E-state index in [1.54, 1.807) is 0 Å². The number of aromatic nitrogens is 1. The van der Waals surface area contributed by atoms with E-state index in [4.69, 9.17) is 4.99 Å². The third-order valence-corrected chi connectivity index (χ3v) is 4.02. The molecule has 0 unspecified atom stereocenters. The first kappa shape index (κ1) is 17.8. The van der Waals surface area contributed by atoms with Crippen LogP contribution in [0.25, 0.3) is 10.9 Å². The molecule has 1 aliphatic carbocycles. The highest BCUT2D eigenvalue weighted by atomic mass is 127. The van der Waals surface area contributed by atoms with Crippen LogP contribution in [0.1, 0.15) is 25.3 Å². The molecule has 2 aromatic rings. The smallest absolute Gasteiger partial charge is 0.191 e. The molecule has 0 saturated heterocycles. The molecule has 0 spiro atoms. The summed E-state index contributed by atoms with van der Waals surface area (Å²) >= 11 is 0. The maximum atomic E-state index is 4.71. The van der Waals surface area contributed by atoms with Crippen molar-refractivity contribution in [2.75, 3.05) is 13.1 Å². The SMILES string of the molecule is CCNC(=NCCc1c[nH]c2ccccc12)NC1CC=CC1.I. The summed E-state index contributed by atoms with van der Waals surface area (Å²) in [6.07, 6.45) is 9.69. The third-order valence-electron chi connectivity index (χ3n) is 4.02. The lowest BCUT2D eigenvalue weighted by atomic mass is 10.1. The molecule has 1 aromatic heterocycles. The van der Waals surface area contributed by atoms with Crippen molar-refractivity contribution in [1.82, 2.24) is 15.6 Å². The van der Waals surface area contributed by atoms with Crippen molar-refractivity contribution in [2.24, 2.45) is 4.99 Å². The topological polar surface area (TPSA) is 52.2 Å². The molecular weight excluding hydrogens is 399 g/mol. The van der Waals surface area contributed by atoms with Crippen molar-refractivity contribution in [3.63, 3.8) is 0 Å². The average molecular weight is 424 g/mol. The van der Waals surface area contributed by atoms with Crippen LogP contribution in [0.2, 0.25) is 0 Å². The van der Waals surface area contributed by atoms with E-state index in [9.17, 15) is 0 Å². The molecule has 124 valence electrons. The van der Waals surface area contributed by atoms with Gasteiger partial charge in [-0.2, -0.15) is 0 Å². The van der Waals surface area contributed by atoms with Gasteiger partial charge in [-0.25, -0.2) is 0 Å². The predicted octanol–water partition coefficient (Wildman–Crippen LogP) is 3.60. The van der Waals surface area contributed by atoms with Crippen LogP contribution >= 0.6 is 24.0 Å². The van der Waals surface area contributed by atoms with Gasteiger partial charge in [0.15, 0.2) is 5.96 Å². The normalized spacial score (nSPS) is 14.9. The summed E-state index contributed by atoms with van der Waals surface area (Å²) in [5.74, 6) is 0.927. The van der Waals surface area contributed by atoms with E-state index >= 15 is 0 Å². The van der Waals surface area contributed by atoms with Crippen LogP contribution in [0.15, 0.2) is 47.6 Å². The number of hydrogen-bond donors (Lipinski definition) is 3. The number of hydrogen-bond acceptors (Lipinski definition) is 1. The molecule has 0 radical (unpaired) electrons. The summed E-state index contributed by atoms with van der Waals surface area (Å²) in [6, 6.07) is 8.91. The molecule has 0 fully saturated rings. The molecule has 0 bridgehead atoms. The second-order valence-corrected chi connectivity index (χ2v) is 5.65. The number of guanidine groups is 1. The minimum Gasteiger partial charge on any atom is -0.361 e. The number of aromatic amines is 1. The Bertz CT molecular complexity index is 666. The van der Waals surface area contributed by atoms with E-state index in [-0.39, 0.29) is 24.0 Å². The Morgan fingerprint density at radius 2 is 2.04 bits per heavy atom. The van der Waals surface area contributed by atoms with Crippen LogP contribution < -0.4 is 10.6 Å². The predicted molar refractivity (Wildman–Crippen MR) is 109 cm³/mol. The molecule has 1 heterocycles. The Hall–Kier alpha value is -1.50. The van der Waals surface area contributed by atoms with E-state index < -0.39 is 0 Å². The lowest BCUT2D eigenvalue weighted by molar-refractivity contribution is 0.633. The maximum Gasteiger partial charge on any atom is 0.191 e. The second-order valence-electron chi connectivity index (χ2n) is 5.65. The molecule has 0 saturated carbocycles. The number of halogens is 1. The second kappa shape index (κ2) is 8.96. The molecular formula is C18H25IN4. The van der Waals surface area contributed by atoms with Gasteiger partial charge in [-0.1, -0.05) is 30.4 Å². The fourth-order valence-corrected chi connectivity index (χ4v) is 2.88. The number of nitrogens with one attached hydrogen (secondary N) is 3. The Balaban J connectivity index is 0.00000192. The zero-order valence-electron chi connectivity index (χ0n) is 13.5. The summed E-state index contributed by atoms with van der Waals surface area (Å²) < 4.78 is 0. The van der Waals surface area contributed by atoms with Crippen molar-refractivity contribution in [1.29, 1.82) is 0 Å². The zero-order valence-corrected chi connectivity index (χ0v) is 15.8. The minimum absolute atomic E-state index is 0. The van der Waals surface area contributed by atoms with E-state index in [1.807, 2.05) is 0 Å². The van der Waals surface area contributed by atoms with Crippen LogP contribution in [0.3, 0.4) is 0 Å². The molecule has 5 heteroatoms. The molecule has 4 nitrogen and oxygen atoms in total. The number of aliphatic imine (C=N–C) groups is 1. The zero-order chi connectivity index (χ0) is 15.2. The number of rotatable bonds is 5. The highest BCUT2D eigenvalue weighted by Gasteiger charge is 2.11. The fourth-order valence-electron chi connectivity index (χ4n) is 2.88. The summed E-state index contributed by atoms with van der Waals surface area (Å²) in [6.45, 7) is 3.78. The Morgan fingerprint density at radius 1 is 1.26 bits per heavy atom. The monoisotopic (exact) mass is 424 g/mol.